The van der Waals surface area contributed by atoms with Gasteiger partial charge in [-0.15, -0.1) is 0 Å². The molecule has 3 heterocycles. The minimum atomic E-state index is -0.325. The lowest BCUT2D eigenvalue weighted by Crippen LogP contribution is -2.46. The van der Waals surface area contributed by atoms with E-state index >= 15 is 0 Å². The van der Waals surface area contributed by atoms with E-state index in [-0.39, 0.29) is 24.6 Å². The fourth-order valence-corrected chi connectivity index (χ4v) is 4.10. The van der Waals surface area contributed by atoms with Gasteiger partial charge in [-0.25, -0.2) is 9.37 Å². The van der Waals surface area contributed by atoms with Crippen molar-refractivity contribution in [2.24, 2.45) is 0 Å². The summed E-state index contributed by atoms with van der Waals surface area (Å²) in [5.41, 5.74) is 0.790. The first-order valence-electron chi connectivity index (χ1n) is 9.03. The first-order chi connectivity index (χ1) is 12.7. The number of hydrogen-bond acceptors (Lipinski definition) is 5. The van der Waals surface area contributed by atoms with E-state index in [1.807, 2.05) is 6.20 Å². The number of benzene rings is 1. The number of morpholine rings is 1. The van der Waals surface area contributed by atoms with Crippen LogP contribution in [0.5, 0.6) is 5.75 Å². The predicted molar refractivity (Wildman–Crippen MR) is 94.6 cm³/mol. The number of hydrogen-bond donors (Lipinski definition) is 1. The number of halogens is 1. The average molecular weight is 361 g/mol. The largest absolute Gasteiger partial charge is 0.496 e. The third-order valence-corrected chi connectivity index (χ3v) is 5.39. The molecule has 3 atom stereocenters. The minimum absolute atomic E-state index is 0.106. The second-order valence-electron chi connectivity index (χ2n) is 6.97. The highest BCUT2D eigenvalue weighted by Crippen LogP contribution is 2.36. The number of fused-ring (bicyclic) bond motifs is 1. The quantitative estimate of drug-likeness (QED) is 0.884. The van der Waals surface area contributed by atoms with Gasteiger partial charge in [-0.1, -0.05) is 0 Å². The van der Waals surface area contributed by atoms with Crippen molar-refractivity contribution in [1.29, 1.82) is 0 Å². The highest BCUT2D eigenvalue weighted by molar-refractivity contribution is 5.64. The molecular formula is C19H24FN3O3. The predicted octanol–water partition coefficient (Wildman–Crippen LogP) is 2.09. The van der Waals surface area contributed by atoms with Gasteiger partial charge in [0, 0.05) is 50.2 Å². The van der Waals surface area contributed by atoms with Crippen LogP contribution in [0.1, 0.15) is 18.9 Å². The first-order valence-corrected chi connectivity index (χ1v) is 9.03. The van der Waals surface area contributed by atoms with E-state index in [9.17, 15) is 4.39 Å². The highest BCUT2D eigenvalue weighted by Gasteiger charge is 2.38. The van der Waals surface area contributed by atoms with E-state index in [0.717, 1.165) is 30.9 Å². The molecule has 0 spiro atoms. The number of rotatable bonds is 5. The molecule has 2 saturated heterocycles. The van der Waals surface area contributed by atoms with Crippen LogP contribution in [-0.2, 0) is 4.74 Å². The van der Waals surface area contributed by atoms with Crippen molar-refractivity contribution < 1.29 is 19.0 Å². The fraction of sp³-hybridized carbons (Fsp3) is 0.526. The zero-order valence-electron chi connectivity index (χ0n) is 14.8. The molecular weight excluding hydrogens is 337 g/mol. The molecule has 4 rings (SSSR count). The number of aliphatic hydroxyl groups excluding tert-OH is 1. The lowest BCUT2D eigenvalue weighted by Gasteiger charge is -2.34. The van der Waals surface area contributed by atoms with Crippen LogP contribution in [0.15, 0.2) is 30.6 Å². The zero-order chi connectivity index (χ0) is 18.1. The van der Waals surface area contributed by atoms with Gasteiger partial charge in [-0.05, 0) is 25.0 Å². The van der Waals surface area contributed by atoms with Crippen molar-refractivity contribution >= 4 is 0 Å². The molecule has 1 N–H and O–H groups in total. The third kappa shape index (κ3) is 3.22. The Morgan fingerprint density at radius 2 is 2.23 bits per heavy atom. The van der Waals surface area contributed by atoms with Gasteiger partial charge in [0.25, 0.3) is 0 Å². The maximum absolute atomic E-state index is 13.5. The number of aliphatic hydroxyl groups is 1. The molecule has 7 heteroatoms. The van der Waals surface area contributed by atoms with Crippen LogP contribution in [0.4, 0.5) is 4.39 Å². The second kappa shape index (κ2) is 7.34. The molecule has 0 unspecified atom stereocenters. The Morgan fingerprint density at radius 3 is 3.04 bits per heavy atom. The topological polar surface area (TPSA) is 59.8 Å². The fourth-order valence-electron chi connectivity index (χ4n) is 4.10. The Labute approximate surface area is 152 Å². The van der Waals surface area contributed by atoms with Gasteiger partial charge >= 0.3 is 0 Å². The van der Waals surface area contributed by atoms with E-state index in [2.05, 4.69) is 14.5 Å². The summed E-state index contributed by atoms with van der Waals surface area (Å²) in [5, 5.41) is 9.14. The molecule has 2 aliphatic heterocycles. The van der Waals surface area contributed by atoms with Gasteiger partial charge in [-0.3, -0.25) is 4.90 Å². The molecule has 1 aromatic carbocycles. The zero-order valence-corrected chi connectivity index (χ0v) is 14.8. The molecule has 0 amide bonds. The number of imidazole rings is 1. The Morgan fingerprint density at radius 1 is 1.35 bits per heavy atom. The van der Waals surface area contributed by atoms with Gasteiger partial charge < -0.3 is 19.1 Å². The van der Waals surface area contributed by atoms with Crippen molar-refractivity contribution in [3.63, 3.8) is 0 Å². The molecule has 1 aromatic heterocycles. The van der Waals surface area contributed by atoms with Crippen LogP contribution in [0.2, 0.25) is 0 Å². The van der Waals surface area contributed by atoms with Gasteiger partial charge in [0.15, 0.2) is 0 Å². The summed E-state index contributed by atoms with van der Waals surface area (Å²) in [7, 11) is 1.54. The molecule has 0 radical (unpaired) electrons. The summed E-state index contributed by atoms with van der Waals surface area (Å²) in [4.78, 5) is 6.95. The van der Waals surface area contributed by atoms with Crippen molar-refractivity contribution in [1.82, 2.24) is 14.5 Å². The molecule has 26 heavy (non-hydrogen) atoms. The summed E-state index contributed by atoms with van der Waals surface area (Å²) >= 11 is 0. The molecule has 0 bridgehead atoms. The summed E-state index contributed by atoms with van der Waals surface area (Å²) in [5.74, 6) is 0.952. The second-order valence-corrected chi connectivity index (χ2v) is 6.97. The molecule has 140 valence electrons. The third-order valence-electron chi connectivity index (χ3n) is 5.39. The normalized spacial score (nSPS) is 26.0. The minimum Gasteiger partial charge on any atom is -0.496 e. The smallest absolute Gasteiger partial charge is 0.143 e. The van der Waals surface area contributed by atoms with Gasteiger partial charge in [0.1, 0.15) is 17.4 Å². The number of ether oxygens (including phenoxy) is 2. The Balaban J connectivity index is 1.57. The number of aromatic nitrogens is 2. The molecule has 0 saturated carbocycles. The van der Waals surface area contributed by atoms with Gasteiger partial charge in [0.05, 0.1) is 25.4 Å². The Hall–Kier alpha value is -1.96. The van der Waals surface area contributed by atoms with Crippen LogP contribution in [-0.4, -0.2) is 65.1 Å². The van der Waals surface area contributed by atoms with Crippen molar-refractivity contribution in [3.05, 3.63) is 36.4 Å². The van der Waals surface area contributed by atoms with Crippen molar-refractivity contribution in [2.45, 2.75) is 31.0 Å². The summed E-state index contributed by atoms with van der Waals surface area (Å²) in [6.45, 7) is 2.63. The van der Waals surface area contributed by atoms with Crippen LogP contribution in [0, 0.1) is 5.82 Å². The number of nitrogens with zero attached hydrogens (tertiary/aromatic N) is 3. The Kier molecular flexibility index (Phi) is 4.93. The van der Waals surface area contributed by atoms with Gasteiger partial charge in [0.2, 0.25) is 0 Å². The SMILES string of the molecule is COc1cc(F)ccc1-c1nccn1[C@H]1C[C@H]2CO[C@@H](CCO)CN2C1. The maximum Gasteiger partial charge on any atom is 0.143 e. The summed E-state index contributed by atoms with van der Waals surface area (Å²) in [6.07, 6.45) is 5.53. The molecule has 6 nitrogen and oxygen atoms in total. The van der Waals surface area contributed by atoms with E-state index < -0.39 is 0 Å². The monoisotopic (exact) mass is 361 g/mol. The lowest BCUT2D eigenvalue weighted by atomic mass is 10.1. The molecule has 2 aliphatic rings. The lowest BCUT2D eigenvalue weighted by molar-refractivity contribution is -0.0567. The molecule has 2 fully saturated rings. The van der Waals surface area contributed by atoms with E-state index in [0.29, 0.717) is 24.8 Å². The Bertz CT molecular complexity index is 766. The van der Waals surface area contributed by atoms with Crippen LogP contribution in [0.25, 0.3) is 11.4 Å². The van der Waals surface area contributed by atoms with Crippen LogP contribution in [0.3, 0.4) is 0 Å². The van der Waals surface area contributed by atoms with Crippen LogP contribution >= 0.6 is 0 Å². The summed E-state index contributed by atoms with van der Waals surface area (Å²) < 4.78 is 26.9. The maximum atomic E-state index is 13.5. The van der Waals surface area contributed by atoms with Crippen molar-refractivity contribution in [3.8, 4) is 17.1 Å². The molecule has 0 aliphatic carbocycles. The van der Waals surface area contributed by atoms with E-state index in [1.54, 1.807) is 19.4 Å². The average Bonchev–Trinajstić information content (AvgIpc) is 3.27. The summed E-state index contributed by atoms with van der Waals surface area (Å²) in [6, 6.07) is 5.21. The van der Waals surface area contributed by atoms with Crippen molar-refractivity contribution in [2.75, 3.05) is 33.4 Å². The highest BCUT2D eigenvalue weighted by atomic mass is 19.1. The van der Waals surface area contributed by atoms with Crippen LogP contribution < -0.4 is 4.74 Å². The van der Waals surface area contributed by atoms with E-state index in [4.69, 9.17) is 14.6 Å². The first kappa shape index (κ1) is 17.5. The molecule has 2 aromatic rings. The standard InChI is InChI=1S/C19H24FN3O3/c1-25-18-8-13(20)2-3-17(18)19-21-5-6-23(19)14-9-15-12-26-16(4-7-24)11-22(15)10-14/h2-3,5-6,8,14-16,24H,4,7,9-12H2,1H3/t14-,15-,16-/m0/s1. The van der Waals surface area contributed by atoms with E-state index in [1.165, 1.54) is 12.1 Å². The van der Waals surface area contributed by atoms with Gasteiger partial charge in [-0.2, -0.15) is 0 Å². The number of methoxy groups -OCH3 is 1.